The Labute approximate surface area is 308 Å². The van der Waals surface area contributed by atoms with Gasteiger partial charge in [0.05, 0.1) is 16.1 Å². The largest absolute Gasteiger partial charge is 0.460 e. The summed E-state index contributed by atoms with van der Waals surface area (Å²) in [5.74, 6) is 1.96. The van der Waals surface area contributed by atoms with Crippen molar-refractivity contribution in [3.8, 4) is 22.3 Å². The number of hydrogen-bond acceptors (Lipinski definition) is 3. The fraction of sp³-hybridized carbons (Fsp3) is 0.143. The molecular weight excluding hydrogens is 651 g/mol. The van der Waals surface area contributed by atoms with Gasteiger partial charge in [0.2, 0.25) is 0 Å². The molecular formula is C49H37NOS. The smallest absolute Gasteiger partial charge is 0.135 e. The van der Waals surface area contributed by atoms with Gasteiger partial charge in [0.15, 0.2) is 0 Å². The fourth-order valence-electron chi connectivity index (χ4n) is 9.53. The van der Waals surface area contributed by atoms with Gasteiger partial charge in [0, 0.05) is 43.4 Å². The number of nitrogens with zero attached hydrogens (tertiary/aromatic N) is 1. The van der Waals surface area contributed by atoms with Crippen molar-refractivity contribution in [2.75, 3.05) is 4.90 Å². The van der Waals surface area contributed by atoms with Gasteiger partial charge >= 0.3 is 0 Å². The molecule has 2 atom stereocenters. The highest BCUT2D eigenvalue weighted by Gasteiger charge is 2.39. The zero-order valence-corrected chi connectivity index (χ0v) is 30.1. The molecule has 0 saturated heterocycles. The molecule has 3 aliphatic carbocycles. The molecule has 2 aromatic heterocycles. The van der Waals surface area contributed by atoms with Crippen molar-refractivity contribution in [2.45, 2.75) is 38.0 Å². The maximum Gasteiger partial charge on any atom is 0.135 e. The number of benzene rings is 6. The SMILES string of the molecule is CC1(C)c2ccccc2-c2cccc(N(c3ccc(-c4cccc5oc6c(c45)C=CC4CCC=CC64)cc3)c3cccc4c3sc3ccccc34)c21. The Morgan fingerprint density at radius 2 is 1.44 bits per heavy atom. The molecule has 2 nitrogen and oxygen atoms in total. The Balaban J connectivity index is 1.11. The highest BCUT2D eigenvalue weighted by molar-refractivity contribution is 7.26. The zero-order valence-electron chi connectivity index (χ0n) is 29.3. The van der Waals surface area contributed by atoms with Crippen LogP contribution in [0.5, 0.6) is 0 Å². The number of rotatable bonds is 4. The second-order valence-electron chi connectivity index (χ2n) is 15.1. The number of allylic oxidation sites excluding steroid dienone is 3. The molecule has 8 aromatic rings. The quantitative estimate of drug-likeness (QED) is 0.171. The summed E-state index contributed by atoms with van der Waals surface area (Å²) in [7, 11) is 0. The first kappa shape index (κ1) is 30.0. The second kappa shape index (κ2) is 11.2. The van der Waals surface area contributed by atoms with E-state index >= 15 is 0 Å². The van der Waals surface area contributed by atoms with Crippen molar-refractivity contribution < 1.29 is 4.42 Å². The number of fused-ring (bicyclic) bond motifs is 11. The molecule has 0 bridgehead atoms. The standard InChI is InChI=1S/C49H37NOS/c1-49(2)40-19-7-5-14-35(40)37-17-9-20-41(46(37)49)50(42-21-10-18-38-36-15-6-8-23-44(36)52-48(38)42)32-27-24-31(25-28-32)33-16-11-22-43-45(33)39-29-26-30-12-3-4-13-34(30)47(39)51-43/h4-11,13-30,34H,3,12H2,1-2H3. The lowest BCUT2D eigenvalue weighted by Gasteiger charge is -2.32. The average molecular weight is 688 g/mol. The van der Waals surface area contributed by atoms with Crippen molar-refractivity contribution in [2.24, 2.45) is 5.92 Å². The molecule has 0 aliphatic heterocycles. The lowest BCUT2D eigenvalue weighted by atomic mass is 9.77. The molecule has 2 unspecified atom stereocenters. The van der Waals surface area contributed by atoms with Gasteiger partial charge in [-0.3, -0.25) is 0 Å². The zero-order chi connectivity index (χ0) is 34.6. The second-order valence-corrected chi connectivity index (χ2v) is 16.2. The summed E-state index contributed by atoms with van der Waals surface area (Å²) >= 11 is 1.89. The van der Waals surface area contributed by atoms with E-state index in [0.29, 0.717) is 11.8 Å². The topological polar surface area (TPSA) is 16.4 Å². The van der Waals surface area contributed by atoms with Gasteiger partial charge in [-0.2, -0.15) is 0 Å². The van der Waals surface area contributed by atoms with Crippen LogP contribution in [-0.2, 0) is 5.41 Å². The highest BCUT2D eigenvalue weighted by atomic mass is 32.1. The molecule has 6 aromatic carbocycles. The first-order valence-electron chi connectivity index (χ1n) is 18.5. The molecule has 0 spiro atoms. The molecule has 3 heteroatoms. The molecule has 0 N–H and O–H groups in total. The van der Waals surface area contributed by atoms with Crippen LogP contribution in [0.4, 0.5) is 17.1 Å². The van der Waals surface area contributed by atoms with E-state index in [1.165, 1.54) is 82.3 Å². The maximum atomic E-state index is 6.64. The number of anilines is 3. The minimum atomic E-state index is -0.162. The molecule has 0 amide bonds. The summed E-state index contributed by atoms with van der Waals surface area (Å²) in [6, 6.07) is 47.2. The van der Waals surface area contributed by atoms with E-state index in [4.69, 9.17) is 4.42 Å². The average Bonchev–Trinajstić information content (AvgIpc) is 3.84. The molecule has 2 heterocycles. The summed E-state index contributed by atoms with van der Waals surface area (Å²) in [5, 5.41) is 3.83. The van der Waals surface area contributed by atoms with Gasteiger partial charge in [0.1, 0.15) is 11.3 Å². The lowest BCUT2D eigenvalue weighted by molar-refractivity contribution is 0.432. The van der Waals surface area contributed by atoms with Crippen LogP contribution in [0.1, 0.15) is 55.1 Å². The predicted octanol–water partition coefficient (Wildman–Crippen LogP) is 14.3. The third kappa shape index (κ3) is 4.23. The Morgan fingerprint density at radius 3 is 2.37 bits per heavy atom. The maximum absolute atomic E-state index is 6.64. The Hall–Kier alpha value is -5.64. The Morgan fingerprint density at radius 1 is 0.692 bits per heavy atom. The third-order valence-corrected chi connectivity index (χ3v) is 13.1. The summed E-state index contributed by atoms with van der Waals surface area (Å²) < 4.78 is 9.26. The van der Waals surface area contributed by atoms with E-state index in [1.54, 1.807) is 0 Å². The van der Waals surface area contributed by atoms with Gasteiger partial charge in [-0.05, 0) is 88.5 Å². The Bertz CT molecular complexity index is 2790. The third-order valence-electron chi connectivity index (χ3n) is 11.9. The molecule has 11 rings (SSSR count). The molecule has 250 valence electrons. The summed E-state index contributed by atoms with van der Waals surface area (Å²) in [6.07, 6.45) is 11.7. The minimum absolute atomic E-state index is 0.162. The van der Waals surface area contributed by atoms with Crippen LogP contribution in [-0.4, -0.2) is 0 Å². The molecule has 0 saturated carbocycles. The Kier molecular flexibility index (Phi) is 6.46. The summed E-state index contributed by atoms with van der Waals surface area (Å²) in [4.78, 5) is 2.52. The van der Waals surface area contributed by atoms with E-state index in [-0.39, 0.29) is 5.41 Å². The number of furan rings is 1. The van der Waals surface area contributed by atoms with Crippen LogP contribution in [0.3, 0.4) is 0 Å². The van der Waals surface area contributed by atoms with Crippen LogP contribution < -0.4 is 4.90 Å². The number of thiophene rings is 1. The molecule has 0 fully saturated rings. The van der Waals surface area contributed by atoms with Crippen LogP contribution in [0.25, 0.3) is 59.5 Å². The van der Waals surface area contributed by atoms with Gasteiger partial charge in [0.25, 0.3) is 0 Å². The first-order valence-corrected chi connectivity index (χ1v) is 19.3. The van der Waals surface area contributed by atoms with E-state index in [1.807, 2.05) is 11.3 Å². The molecule has 52 heavy (non-hydrogen) atoms. The lowest BCUT2D eigenvalue weighted by Crippen LogP contribution is -2.20. The summed E-state index contributed by atoms with van der Waals surface area (Å²) in [5.41, 5.74) is 13.4. The summed E-state index contributed by atoms with van der Waals surface area (Å²) in [6.45, 7) is 4.77. The first-order chi connectivity index (χ1) is 25.6. The molecule has 0 radical (unpaired) electrons. The van der Waals surface area contributed by atoms with Gasteiger partial charge in [-0.15, -0.1) is 11.3 Å². The monoisotopic (exact) mass is 687 g/mol. The van der Waals surface area contributed by atoms with E-state index in [9.17, 15) is 0 Å². The number of hydrogen-bond donors (Lipinski definition) is 0. The van der Waals surface area contributed by atoms with Crippen LogP contribution >= 0.6 is 11.3 Å². The van der Waals surface area contributed by atoms with Gasteiger partial charge in [-0.1, -0.05) is 129 Å². The van der Waals surface area contributed by atoms with Crippen molar-refractivity contribution in [1.29, 1.82) is 0 Å². The van der Waals surface area contributed by atoms with Crippen molar-refractivity contribution in [3.05, 3.63) is 168 Å². The van der Waals surface area contributed by atoms with Crippen molar-refractivity contribution >= 4 is 65.6 Å². The van der Waals surface area contributed by atoms with Crippen LogP contribution in [0.2, 0.25) is 0 Å². The predicted molar refractivity (Wildman–Crippen MR) is 220 cm³/mol. The van der Waals surface area contributed by atoms with Crippen molar-refractivity contribution in [3.63, 3.8) is 0 Å². The van der Waals surface area contributed by atoms with Crippen LogP contribution in [0, 0.1) is 5.92 Å². The van der Waals surface area contributed by atoms with E-state index in [0.717, 1.165) is 23.5 Å². The fourth-order valence-corrected chi connectivity index (χ4v) is 10.7. The van der Waals surface area contributed by atoms with Gasteiger partial charge < -0.3 is 9.32 Å². The molecule has 3 aliphatic rings. The minimum Gasteiger partial charge on any atom is -0.460 e. The van der Waals surface area contributed by atoms with Crippen LogP contribution in [0.15, 0.2) is 150 Å². The normalized spacial score (nSPS) is 18.0. The highest BCUT2D eigenvalue weighted by Crippen LogP contribution is 2.55. The van der Waals surface area contributed by atoms with E-state index in [2.05, 4.69) is 170 Å². The van der Waals surface area contributed by atoms with Crippen molar-refractivity contribution in [1.82, 2.24) is 0 Å². The van der Waals surface area contributed by atoms with E-state index < -0.39 is 0 Å². The van der Waals surface area contributed by atoms with Gasteiger partial charge in [-0.25, -0.2) is 0 Å².